The Balaban J connectivity index is 2.24. The minimum absolute atomic E-state index is 0.0604. The molecule has 0 radical (unpaired) electrons. The number of carbonyl (C=O) groups is 1. The topological polar surface area (TPSA) is 95.1 Å². The van der Waals surface area contributed by atoms with Gasteiger partial charge in [0.05, 0.1) is 13.1 Å². The molecule has 0 aliphatic heterocycles. The highest BCUT2D eigenvalue weighted by Crippen LogP contribution is 2.07. The minimum atomic E-state index is -0.839. The number of rotatable bonds is 9. The first-order chi connectivity index (χ1) is 12.5. The van der Waals surface area contributed by atoms with Gasteiger partial charge >= 0.3 is 17.1 Å². The fourth-order valence-electron chi connectivity index (χ4n) is 2.37. The number of aromatic nitrogens is 3. The molecular formula is C17H20N4O4S. The lowest BCUT2D eigenvalue weighted by atomic mass is 10.3. The van der Waals surface area contributed by atoms with Crippen LogP contribution in [-0.4, -0.2) is 26.2 Å². The minimum Gasteiger partial charge on any atom is -0.354 e. The van der Waals surface area contributed by atoms with Crippen LogP contribution in [0.25, 0.3) is 0 Å². The molecule has 0 aromatic carbocycles. The van der Waals surface area contributed by atoms with Gasteiger partial charge in [-0.25, -0.2) is 28.1 Å². The second-order valence-electron chi connectivity index (χ2n) is 5.41. The Hall–Kier alpha value is -2.94. The molecule has 9 heteroatoms. The smallest absolute Gasteiger partial charge is 0.337 e. The summed E-state index contributed by atoms with van der Waals surface area (Å²) in [6.45, 7) is 6.80. The first kappa shape index (κ1) is 19.4. The number of hydrogen-bond acceptors (Lipinski definition) is 5. The molecule has 2 heterocycles. The first-order valence-electron chi connectivity index (χ1n) is 7.95. The Bertz CT molecular complexity index is 918. The Morgan fingerprint density at radius 1 is 1.04 bits per heavy atom. The fourth-order valence-corrected chi connectivity index (χ4v) is 3.08. The number of thiophene rings is 1. The average Bonchev–Trinajstić information content (AvgIpc) is 3.13. The second-order valence-corrected chi connectivity index (χ2v) is 6.44. The van der Waals surface area contributed by atoms with Crippen LogP contribution >= 0.6 is 11.3 Å². The van der Waals surface area contributed by atoms with Crippen molar-refractivity contribution in [3.63, 3.8) is 0 Å². The van der Waals surface area contributed by atoms with E-state index in [1.165, 1.54) is 12.2 Å². The van der Waals surface area contributed by atoms with Crippen LogP contribution in [0.4, 0.5) is 0 Å². The van der Waals surface area contributed by atoms with Crippen LogP contribution in [0, 0.1) is 0 Å². The van der Waals surface area contributed by atoms with Crippen LogP contribution in [0.3, 0.4) is 0 Å². The van der Waals surface area contributed by atoms with Gasteiger partial charge in [0.1, 0.15) is 6.54 Å². The van der Waals surface area contributed by atoms with E-state index in [4.69, 9.17) is 0 Å². The quantitative estimate of drug-likeness (QED) is 0.622. The monoisotopic (exact) mass is 376 g/mol. The maximum absolute atomic E-state index is 12.4. The maximum atomic E-state index is 12.4. The Kier molecular flexibility index (Phi) is 6.67. The highest BCUT2D eigenvalue weighted by Gasteiger charge is 2.16. The third-order valence-electron chi connectivity index (χ3n) is 3.58. The number of hydrogen-bond donors (Lipinski definition) is 1. The second kappa shape index (κ2) is 8.95. The molecule has 0 unspecified atom stereocenters. The van der Waals surface area contributed by atoms with Crippen molar-refractivity contribution in [3.05, 3.63) is 79.2 Å². The van der Waals surface area contributed by atoms with Crippen LogP contribution in [0.15, 0.2) is 57.2 Å². The number of allylic oxidation sites excluding steroid dienone is 2. The Morgan fingerprint density at radius 3 is 2.12 bits per heavy atom. The summed E-state index contributed by atoms with van der Waals surface area (Å²) in [6.07, 6.45) is 3.41. The van der Waals surface area contributed by atoms with Gasteiger partial charge in [0.25, 0.3) is 0 Å². The van der Waals surface area contributed by atoms with Crippen LogP contribution in [0.5, 0.6) is 0 Å². The van der Waals surface area contributed by atoms with Gasteiger partial charge in [0, 0.05) is 11.4 Å². The number of nitrogens with one attached hydrogen (secondary N) is 1. The van der Waals surface area contributed by atoms with Crippen molar-refractivity contribution in [1.82, 2.24) is 19.0 Å². The molecule has 1 N–H and O–H groups in total. The van der Waals surface area contributed by atoms with Crippen LogP contribution < -0.4 is 22.4 Å². The Morgan fingerprint density at radius 2 is 1.62 bits per heavy atom. The molecule has 2 aromatic rings. The molecule has 138 valence electrons. The average molecular weight is 376 g/mol. The van der Waals surface area contributed by atoms with E-state index in [0.29, 0.717) is 13.0 Å². The van der Waals surface area contributed by atoms with Gasteiger partial charge in [0.2, 0.25) is 5.91 Å². The van der Waals surface area contributed by atoms with E-state index in [2.05, 4.69) is 18.5 Å². The molecule has 0 aliphatic carbocycles. The highest BCUT2D eigenvalue weighted by atomic mass is 32.1. The van der Waals surface area contributed by atoms with E-state index in [9.17, 15) is 19.2 Å². The van der Waals surface area contributed by atoms with Gasteiger partial charge in [-0.1, -0.05) is 18.2 Å². The van der Waals surface area contributed by atoms with Gasteiger partial charge < -0.3 is 5.32 Å². The molecule has 0 aliphatic rings. The highest BCUT2D eigenvalue weighted by molar-refractivity contribution is 7.09. The standard InChI is InChI=1S/C17H20N4O4S/c1-3-9-19-15(23)20(10-4-2)17(25)21(16(19)24)12-14(22)18-8-7-13-6-5-11-26-13/h3-6,11H,1-2,7-10,12H2,(H,18,22). The summed E-state index contributed by atoms with van der Waals surface area (Å²) < 4.78 is 2.46. The zero-order chi connectivity index (χ0) is 19.1. The SMILES string of the molecule is C=CCn1c(=O)n(CC=C)c(=O)n(CC(=O)NCCc2cccs2)c1=O. The number of carbonyl (C=O) groups excluding carboxylic acids is 1. The van der Waals surface area contributed by atoms with E-state index in [0.717, 1.165) is 18.6 Å². The summed E-state index contributed by atoms with van der Waals surface area (Å²) in [4.78, 5) is 50.3. The largest absolute Gasteiger partial charge is 0.354 e. The molecule has 1 amide bonds. The summed E-state index contributed by atoms with van der Waals surface area (Å²) >= 11 is 1.58. The van der Waals surface area contributed by atoms with Gasteiger partial charge in [-0.15, -0.1) is 24.5 Å². The molecule has 0 saturated carbocycles. The van der Waals surface area contributed by atoms with Gasteiger partial charge in [-0.05, 0) is 17.9 Å². The van der Waals surface area contributed by atoms with E-state index < -0.39 is 29.5 Å². The first-order valence-corrected chi connectivity index (χ1v) is 8.83. The van der Waals surface area contributed by atoms with E-state index >= 15 is 0 Å². The molecule has 0 spiro atoms. The molecule has 0 saturated heterocycles. The molecule has 8 nitrogen and oxygen atoms in total. The molecule has 0 atom stereocenters. The van der Waals surface area contributed by atoms with Gasteiger partial charge in [0.15, 0.2) is 0 Å². The predicted octanol–water partition coefficient (Wildman–Crippen LogP) is -0.0359. The summed E-state index contributed by atoms with van der Waals surface area (Å²) in [7, 11) is 0. The number of nitrogens with zero attached hydrogens (tertiary/aromatic N) is 3. The van der Waals surface area contributed by atoms with Crippen molar-refractivity contribution in [1.29, 1.82) is 0 Å². The van der Waals surface area contributed by atoms with E-state index in [1.54, 1.807) is 11.3 Å². The summed E-state index contributed by atoms with van der Waals surface area (Å²) in [6, 6.07) is 3.88. The summed E-state index contributed by atoms with van der Waals surface area (Å²) in [5, 5.41) is 4.62. The number of amides is 1. The van der Waals surface area contributed by atoms with Crippen molar-refractivity contribution in [2.75, 3.05) is 6.54 Å². The van der Waals surface area contributed by atoms with Crippen LogP contribution in [-0.2, 0) is 30.8 Å². The molecule has 0 fully saturated rings. The van der Waals surface area contributed by atoms with E-state index in [-0.39, 0.29) is 13.1 Å². The maximum Gasteiger partial charge on any atom is 0.337 e. The van der Waals surface area contributed by atoms with Crippen molar-refractivity contribution in [2.45, 2.75) is 26.1 Å². The van der Waals surface area contributed by atoms with Crippen molar-refractivity contribution >= 4 is 17.2 Å². The fraction of sp³-hybridized carbons (Fsp3) is 0.294. The molecule has 26 heavy (non-hydrogen) atoms. The molecule has 2 aromatic heterocycles. The lowest BCUT2D eigenvalue weighted by Crippen LogP contribution is -2.55. The zero-order valence-electron chi connectivity index (χ0n) is 14.2. The predicted molar refractivity (Wildman–Crippen MR) is 101 cm³/mol. The van der Waals surface area contributed by atoms with E-state index in [1.807, 2.05) is 17.5 Å². The van der Waals surface area contributed by atoms with Crippen LogP contribution in [0.1, 0.15) is 4.88 Å². The van der Waals surface area contributed by atoms with Gasteiger partial charge in [-0.3, -0.25) is 4.79 Å². The van der Waals surface area contributed by atoms with Gasteiger partial charge in [-0.2, -0.15) is 0 Å². The third-order valence-corrected chi connectivity index (χ3v) is 4.52. The summed E-state index contributed by atoms with van der Waals surface area (Å²) in [5.41, 5.74) is -2.43. The normalized spacial score (nSPS) is 10.5. The zero-order valence-corrected chi connectivity index (χ0v) is 15.0. The molecule has 0 bridgehead atoms. The lowest BCUT2D eigenvalue weighted by molar-refractivity contribution is -0.121. The third kappa shape index (κ3) is 4.37. The lowest BCUT2D eigenvalue weighted by Gasteiger charge is -2.12. The van der Waals surface area contributed by atoms with Crippen molar-refractivity contribution in [2.24, 2.45) is 0 Å². The van der Waals surface area contributed by atoms with Crippen molar-refractivity contribution in [3.8, 4) is 0 Å². The summed E-state index contributed by atoms with van der Waals surface area (Å²) in [5.74, 6) is -0.477. The molecule has 2 rings (SSSR count). The molecular weight excluding hydrogens is 356 g/mol. The van der Waals surface area contributed by atoms with Crippen LogP contribution in [0.2, 0.25) is 0 Å². The Labute approximate surface area is 153 Å². The van der Waals surface area contributed by atoms with Crippen molar-refractivity contribution < 1.29 is 4.79 Å².